The molecule has 2 N–H and O–H groups in total. The summed E-state index contributed by atoms with van der Waals surface area (Å²) in [7, 11) is 0. The lowest BCUT2D eigenvalue weighted by Crippen LogP contribution is -2.66. The molecule has 0 unspecified atom stereocenters. The van der Waals surface area contributed by atoms with E-state index in [2.05, 4.69) is 53.0 Å². The quantitative estimate of drug-likeness (QED) is 0.468. The van der Waals surface area contributed by atoms with Crippen LogP contribution in [0.25, 0.3) is 0 Å². The standard InChI is InChI=1S/C29H32N4O5/c1-28(2,19-3-7-21(8-4-19)36-23-13-24(14-23)37-26(30)34)20-5-9-22(10-6-20)38-27-31-12-11-25(32-27)33-15-29(16-33)17-35-18-29/h3-12,23-24H,13-18H2,1-2H3,(H2,30,34). The van der Waals surface area contributed by atoms with Gasteiger partial charge in [-0.1, -0.05) is 38.1 Å². The highest BCUT2D eigenvalue weighted by atomic mass is 16.6. The van der Waals surface area contributed by atoms with E-state index in [0.717, 1.165) is 43.4 Å². The fourth-order valence-electron chi connectivity index (χ4n) is 5.28. The van der Waals surface area contributed by atoms with Gasteiger partial charge in [0.2, 0.25) is 0 Å². The molecule has 1 amide bonds. The minimum absolute atomic E-state index is 0.0373. The van der Waals surface area contributed by atoms with Crippen LogP contribution in [0.4, 0.5) is 10.6 Å². The minimum Gasteiger partial charge on any atom is -0.490 e. The highest BCUT2D eigenvalue weighted by Gasteiger charge is 2.49. The summed E-state index contributed by atoms with van der Waals surface area (Å²) in [4.78, 5) is 22.0. The molecule has 38 heavy (non-hydrogen) atoms. The van der Waals surface area contributed by atoms with Crippen LogP contribution >= 0.6 is 0 Å². The maximum atomic E-state index is 10.8. The third-order valence-electron chi connectivity index (χ3n) is 7.81. The number of hydrogen-bond acceptors (Lipinski definition) is 8. The highest BCUT2D eigenvalue weighted by Crippen LogP contribution is 2.40. The maximum absolute atomic E-state index is 10.8. The number of nitrogens with zero attached hydrogens (tertiary/aromatic N) is 3. The number of carbonyl (C=O) groups is 1. The van der Waals surface area contributed by atoms with Crippen molar-refractivity contribution in [1.82, 2.24) is 9.97 Å². The van der Waals surface area contributed by atoms with Gasteiger partial charge in [-0.05, 0) is 41.5 Å². The van der Waals surface area contributed by atoms with Crippen LogP contribution in [0.3, 0.4) is 0 Å². The van der Waals surface area contributed by atoms with E-state index in [1.54, 1.807) is 6.20 Å². The predicted molar refractivity (Wildman–Crippen MR) is 141 cm³/mol. The monoisotopic (exact) mass is 516 g/mol. The third-order valence-corrected chi connectivity index (χ3v) is 7.81. The molecule has 3 fully saturated rings. The number of primary amides is 1. The molecule has 0 bridgehead atoms. The summed E-state index contributed by atoms with van der Waals surface area (Å²) in [6.07, 6.45) is 2.22. The number of benzene rings is 2. The van der Waals surface area contributed by atoms with Gasteiger partial charge in [0.1, 0.15) is 29.5 Å². The van der Waals surface area contributed by atoms with Crippen LogP contribution in [0.15, 0.2) is 60.8 Å². The fourth-order valence-corrected chi connectivity index (χ4v) is 5.28. The van der Waals surface area contributed by atoms with Crippen molar-refractivity contribution in [2.45, 2.75) is 44.3 Å². The third kappa shape index (κ3) is 4.86. The molecule has 9 nitrogen and oxygen atoms in total. The van der Waals surface area contributed by atoms with Crippen molar-refractivity contribution in [3.05, 3.63) is 71.9 Å². The van der Waals surface area contributed by atoms with Gasteiger partial charge >= 0.3 is 12.1 Å². The van der Waals surface area contributed by atoms with Gasteiger partial charge < -0.3 is 29.6 Å². The Morgan fingerprint density at radius 1 is 0.974 bits per heavy atom. The van der Waals surface area contributed by atoms with Gasteiger partial charge in [0.25, 0.3) is 0 Å². The second kappa shape index (κ2) is 9.47. The van der Waals surface area contributed by atoms with Crippen molar-refractivity contribution in [2.24, 2.45) is 11.1 Å². The summed E-state index contributed by atoms with van der Waals surface area (Å²) in [5, 5.41) is 0. The number of ether oxygens (including phenoxy) is 4. The first-order valence-electron chi connectivity index (χ1n) is 13.0. The first kappa shape index (κ1) is 24.5. The lowest BCUT2D eigenvalue weighted by molar-refractivity contribution is -0.127. The Kier molecular flexibility index (Phi) is 6.10. The van der Waals surface area contributed by atoms with E-state index in [9.17, 15) is 4.79 Å². The Balaban J connectivity index is 1.05. The van der Waals surface area contributed by atoms with Gasteiger partial charge in [-0.2, -0.15) is 4.98 Å². The predicted octanol–water partition coefficient (Wildman–Crippen LogP) is 4.44. The first-order valence-corrected chi connectivity index (χ1v) is 13.0. The summed E-state index contributed by atoms with van der Waals surface area (Å²) in [5.41, 5.74) is 7.50. The molecule has 0 radical (unpaired) electrons. The molecule has 2 aliphatic heterocycles. The van der Waals surface area contributed by atoms with Gasteiger partial charge in [-0.3, -0.25) is 0 Å². The smallest absolute Gasteiger partial charge is 0.404 e. The number of aromatic nitrogens is 2. The summed E-state index contributed by atoms with van der Waals surface area (Å²) < 4.78 is 22.3. The van der Waals surface area contributed by atoms with E-state index in [4.69, 9.17) is 24.7 Å². The topological polar surface area (TPSA) is 109 Å². The van der Waals surface area contributed by atoms with E-state index in [0.29, 0.717) is 30.0 Å². The van der Waals surface area contributed by atoms with Crippen molar-refractivity contribution < 1.29 is 23.7 Å². The van der Waals surface area contributed by atoms with Gasteiger partial charge in [0.15, 0.2) is 0 Å². The molecule has 1 aromatic heterocycles. The average molecular weight is 517 g/mol. The zero-order chi connectivity index (χ0) is 26.3. The molecule has 3 heterocycles. The Morgan fingerprint density at radius 2 is 1.61 bits per heavy atom. The van der Waals surface area contributed by atoms with E-state index in [-0.39, 0.29) is 17.6 Å². The van der Waals surface area contributed by atoms with Crippen molar-refractivity contribution >= 4 is 11.9 Å². The Morgan fingerprint density at radius 3 is 2.18 bits per heavy atom. The summed E-state index contributed by atoms with van der Waals surface area (Å²) in [5.74, 6) is 2.37. The van der Waals surface area contributed by atoms with E-state index >= 15 is 0 Å². The number of hydrogen-bond donors (Lipinski definition) is 1. The fraction of sp³-hybridized carbons (Fsp3) is 0.414. The molecular weight excluding hydrogens is 484 g/mol. The van der Waals surface area contributed by atoms with Crippen LogP contribution in [0.5, 0.6) is 17.5 Å². The molecule has 9 heteroatoms. The minimum atomic E-state index is -0.734. The summed E-state index contributed by atoms with van der Waals surface area (Å²) in [6, 6.07) is 18.5. The first-order chi connectivity index (χ1) is 18.3. The van der Waals surface area contributed by atoms with Crippen molar-refractivity contribution in [3.63, 3.8) is 0 Å². The second-order valence-electron chi connectivity index (χ2n) is 11.1. The van der Waals surface area contributed by atoms with Crippen LogP contribution in [-0.2, 0) is 14.9 Å². The largest absolute Gasteiger partial charge is 0.490 e. The SMILES string of the molecule is CC(C)(c1ccc(Oc2nccc(N3CC4(COC4)C3)n2)cc1)c1ccc(OC2CC(OC(N)=O)C2)cc1. The van der Waals surface area contributed by atoms with E-state index < -0.39 is 6.09 Å². The number of amides is 1. The molecule has 2 saturated heterocycles. The molecule has 1 aliphatic carbocycles. The molecule has 3 aromatic rings. The van der Waals surface area contributed by atoms with Crippen molar-refractivity contribution in [2.75, 3.05) is 31.2 Å². The van der Waals surface area contributed by atoms with Crippen LogP contribution in [0.1, 0.15) is 37.8 Å². The average Bonchev–Trinajstić information content (AvgIpc) is 2.82. The highest BCUT2D eigenvalue weighted by molar-refractivity contribution is 5.64. The number of rotatable bonds is 8. The zero-order valence-electron chi connectivity index (χ0n) is 21.6. The van der Waals surface area contributed by atoms with Gasteiger partial charge in [-0.15, -0.1) is 0 Å². The van der Waals surface area contributed by atoms with Crippen molar-refractivity contribution in [3.8, 4) is 17.5 Å². The Bertz CT molecular complexity index is 1290. The van der Waals surface area contributed by atoms with Crippen LogP contribution in [0.2, 0.25) is 0 Å². The lowest BCUT2D eigenvalue weighted by atomic mass is 9.78. The Labute approximate surface area is 221 Å². The molecule has 198 valence electrons. The molecule has 1 spiro atoms. The molecule has 0 atom stereocenters. The number of carbonyl (C=O) groups excluding carboxylic acids is 1. The zero-order valence-corrected chi connectivity index (χ0v) is 21.6. The van der Waals surface area contributed by atoms with Gasteiger partial charge in [0, 0.05) is 37.5 Å². The molecule has 3 aliphatic rings. The summed E-state index contributed by atoms with van der Waals surface area (Å²) in [6.45, 7) is 8.00. The molecule has 2 aromatic carbocycles. The van der Waals surface area contributed by atoms with Gasteiger partial charge in [0.05, 0.1) is 18.6 Å². The maximum Gasteiger partial charge on any atom is 0.404 e. The number of anilines is 1. The van der Waals surface area contributed by atoms with Crippen LogP contribution in [-0.4, -0.2) is 54.6 Å². The number of nitrogens with two attached hydrogens (primary N) is 1. The van der Waals surface area contributed by atoms with Crippen LogP contribution in [0, 0.1) is 5.41 Å². The van der Waals surface area contributed by atoms with Gasteiger partial charge in [-0.25, -0.2) is 9.78 Å². The summed E-state index contributed by atoms with van der Waals surface area (Å²) >= 11 is 0. The molecule has 1 saturated carbocycles. The molecular formula is C29H32N4O5. The Hall–Kier alpha value is -3.85. The van der Waals surface area contributed by atoms with E-state index in [1.807, 2.05) is 30.3 Å². The second-order valence-corrected chi connectivity index (χ2v) is 11.1. The van der Waals surface area contributed by atoms with Crippen LogP contribution < -0.4 is 20.1 Å². The lowest BCUT2D eigenvalue weighted by Gasteiger charge is -2.55. The van der Waals surface area contributed by atoms with Crippen molar-refractivity contribution in [1.29, 1.82) is 0 Å². The normalized spacial score (nSPS) is 21.6. The van der Waals surface area contributed by atoms with E-state index in [1.165, 1.54) is 5.56 Å². The molecule has 6 rings (SSSR count).